The molecule has 1 fully saturated rings. The number of piperazine rings is 1. The Balaban J connectivity index is 1.57. The highest BCUT2D eigenvalue weighted by Crippen LogP contribution is 2.34. The van der Waals surface area contributed by atoms with Crippen LogP contribution in [0.5, 0.6) is 11.5 Å². The third-order valence-electron chi connectivity index (χ3n) is 3.28. The summed E-state index contributed by atoms with van der Waals surface area (Å²) < 4.78 is 10.5. The van der Waals surface area contributed by atoms with Crippen molar-refractivity contribution < 1.29 is 24.0 Å². The van der Waals surface area contributed by atoms with Crippen molar-refractivity contribution in [1.29, 1.82) is 0 Å². The van der Waals surface area contributed by atoms with Crippen molar-refractivity contribution in [3.8, 4) is 11.5 Å². The maximum atomic E-state index is 12.0. The molecule has 1 atom stereocenters. The number of hydrogen-bond donors (Lipinski definition) is 3. The molecule has 7 heteroatoms. The number of carbonyl (C=O) groups excluding carboxylic acids is 2. The molecule has 0 spiro atoms. The molecule has 3 rings (SSSR count). The Morgan fingerprint density at radius 2 is 2.20 bits per heavy atom. The molecule has 1 aromatic carbocycles. The van der Waals surface area contributed by atoms with E-state index >= 15 is 0 Å². The predicted molar refractivity (Wildman–Crippen MR) is 69.8 cm³/mol. The van der Waals surface area contributed by atoms with Gasteiger partial charge in [0.05, 0.1) is 13.1 Å². The van der Waals surface area contributed by atoms with E-state index in [0.717, 1.165) is 11.4 Å². The van der Waals surface area contributed by atoms with E-state index in [2.05, 4.69) is 10.6 Å². The van der Waals surface area contributed by atoms with Crippen LogP contribution in [0.2, 0.25) is 0 Å². The van der Waals surface area contributed by atoms with Crippen LogP contribution < -0.4 is 25.0 Å². The van der Waals surface area contributed by atoms with Crippen molar-refractivity contribution in [3.63, 3.8) is 0 Å². The lowest BCUT2D eigenvalue weighted by Crippen LogP contribution is -3.16. The van der Waals surface area contributed by atoms with Gasteiger partial charge in [-0.3, -0.25) is 9.59 Å². The summed E-state index contributed by atoms with van der Waals surface area (Å²) in [6.45, 7) is 2.21. The highest BCUT2D eigenvalue weighted by atomic mass is 16.7. The molecule has 1 saturated heterocycles. The van der Waals surface area contributed by atoms with Crippen molar-refractivity contribution in [3.05, 3.63) is 18.2 Å². The normalized spacial score (nSPS) is 20.4. The standard InChI is InChI=1S/C13H15N3O4/c17-12-6-16(4-3-14-12)7-13(18)15-9-1-2-10-11(5-9)20-8-19-10/h1-2,5H,3-4,6-8H2,(H,14,17)(H,15,18)/p+1. The Morgan fingerprint density at radius 1 is 1.35 bits per heavy atom. The Hall–Kier alpha value is -2.28. The van der Waals surface area contributed by atoms with Crippen LogP contribution in [0.3, 0.4) is 0 Å². The molecular formula is C13H16N3O4+. The van der Waals surface area contributed by atoms with Crippen LogP contribution in [0.25, 0.3) is 0 Å². The van der Waals surface area contributed by atoms with Gasteiger partial charge in [0, 0.05) is 11.8 Å². The number of ether oxygens (including phenoxy) is 2. The third-order valence-corrected chi connectivity index (χ3v) is 3.28. The molecule has 2 amide bonds. The SMILES string of the molecule is O=C1C[NH+](CC(=O)Nc2ccc3c(c2)OCO3)CCN1. The number of carbonyl (C=O) groups is 2. The van der Waals surface area contributed by atoms with Gasteiger partial charge in [0.25, 0.3) is 11.8 Å². The van der Waals surface area contributed by atoms with Crippen molar-refractivity contribution in [1.82, 2.24) is 5.32 Å². The number of amides is 2. The second kappa shape index (κ2) is 5.38. The maximum absolute atomic E-state index is 12.0. The molecule has 3 N–H and O–H groups in total. The molecule has 2 aliphatic heterocycles. The summed E-state index contributed by atoms with van der Waals surface area (Å²) in [6.07, 6.45) is 0. The summed E-state index contributed by atoms with van der Waals surface area (Å²) in [7, 11) is 0. The van der Waals surface area contributed by atoms with Crippen molar-refractivity contribution in [2.24, 2.45) is 0 Å². The van der Waals surface area contributed by atoms with E-state index in [-0.39, 0.29) is 25.2 Å². The van der Waals surface area contributed by atoms with Gasteiger partial charge >= 0.3 is 0 Å². The lowest BCUT2D eigenvalue weighted by atomic mass is 10.2. The molecule has 0 bridgehead atoms. The summed E-state index contributed by atoms with van der Waals surface area (Å²) in [5.41, 5.74) is 0.667. The Labute approximate surface area is 115 Å². The fourth-order valence-corrected chi connectivity index (χ4v) is 2.31. The van der Waals surface area contributed by atoms with E-state index in [9.17, 15) is 9.59 Å². The molecule has 1 unspecified atom stereocenters. The first-order valence-electron chi connectivity index (χ1n) is 6.50. The highest BCUT2D eigenvalue weighted by molar-refractivity contribution is 5.92. The first-order chi connectivity index (χ1) is 9.70. The van der Waals surface area contributed by atoms with Gasteiger partial charge in [0.2, 0.25) is 6.79 Å². The summed E-state index contributed by atoms with van der Waals surface area (Å²) in [5.74, 6) is 1.18. The van der Waals surface area contributed by atoms with Gasteiger partial charge in [0.1, 0.15) is 0 Å². The van der Waals surface area contributed by atoms with Crippen LogP contribution in [0.15, 0.2) is 18.2 Å². The molecule has 106 valence electrons. The molecule has 0 aliphatic carbocycles. The molecule has 0 aromatic heterocycles. The minimum absolute atomic E-state index is 0.0119. The van der Waals surface area contributed by atoms with E-state index in [1.54, 1.807) is 18.2 Å². The molecule has 2 heterocycles. The summed E-state index contributed by atoms with van der Waals surface area (Å²) in [6, 6.07) is 5.27. The summed E-state index contributed by atoms with van der Waals surface area (Å²) >= 11 is 0. The van der Waals surface area contributed by atoms with Crippen LogP contribution in [0.4, 0.5) is 5.69 Å². The Bertz CT molecular complexity index is 546. The number of hydrogen-bond acceptors (Lipinski definition) is 4. The van der Waals surface area contributed by atoms with Gasteiger partial charge in [-0.15, -0.1) is 0 Å². The fourth-order valence-electron chi connectivity index (χ4n) is 2.31. The minimum atomic E-state index is -0.117. The Kier molecular flexibility index (Phi) is 3.42. The van der Waals surface area contributed by atoms with Gasteiger partial charge in [0.15, 0.2) is 24.6 Å². The van der Waals surface area contributed by atoms with Crippen molar-refractivity contribution in [2.45, 2.75) is 0 Å². The van der Waals surface area contributed by atoms with Crippen LogP contribution in [-0.2, 0) is 9.59 Å². The van der Waals surface area contributed by atoms with Crippen molar-refractivity contribution >= 4 is 17.5 Å². The first-order valence-corrected chi connectivity index (χ1v) is 6.50. The first kappa shape index (κ1) is 12.7. The Morgan fingerprint density at radius 3 is 3.05 bits per heavy atom. The lowest BCUT2D eigenvalue weighted by molar-refractivity contribution is -0.885. The predicted octanol–water partition coefficient (Wildman–Crippen LogP) is -1.63. The lowest BCUT2D eigenvalue weighted by Gasteiger charge is -2.22. The van der Waals surface area contributed by atoms with E-state index in [0.29, 0.717) is 30.3 Å². The number of anilines is 1. The molecule has 2 aliphatic rings. The number of benzene rings is 1. The topological polar surface area (TPSA) is 81.1 Å². The third kappa shape index (κ3) is 2.83. The number of fused-ring (bicyclic) bond motifs is 1. The second-order valence-corrected chi connectivity index (χ2v) is 4.82. The van der Waals surface area contributed by atoms with Gasteiger partial charge in [-0.1, -0.05) is 0 Å². The van der Waals surface area contributed by atoms with Crippen LogP contribution in [0.1, 0.15) is 0 Å². The van der Waals surface area contributed by atoms with Gasteiger partial charge in [-0.05, 0) is 12.1 Å². The molecule has 20 heavy (non-hydrogen) atoms. The summed E-state index contributed by atoms with van der Waals surface area (Å²) in [4.78, 5) is 24.2. The van der Waals surface area contributed by atoms with Gasteiger partial charge < -0.3 is 25.0 Å². The average Bonchev–Trinajstić information content (AvgIpc) is 2.86. The van der Waals surface area contributed by atoms with E-state index in [1.807, 2.05) is 0 Å². The van der Waals surface area contributed by atoms with E-state index in [1.165, 1.54) is 0 Å². The number of quaternary nitrogens is 1. The second-order valence-electron chi connectivity index (χ2n) is 4.82. The van der Waals surface area contributed by atoms with Crippen molar-refractivity contribution in [2.75, 3.05) is 38.3 Å². The zero-order valence-electron chi connectivity index (χ0n) is 10.9. The highest BCUT2D eigenvalue weighted by Gasteiger charge is 2.22. The van der Waals surface area contributed by atoms with Gasteiger partial charge in [-0.2, -0.15) is 0 Å². The van der Waals surface area contributed by atoms with Gasteiger partial charge in [-0.25, -0.2) is 0 Å². The fraction of sp³-hybridized carbons (Fsp3) is 0.385. The number of rotatable bonds is 3. The van der Waals surface area contributed by atoms with Crippen LogP contribution in [0, 0.1) is 0 Å². The molecule has 7 nitrogen and oxygen atoms in total. The molecule has 0 radical (unpaired) electrons. The number of nitrogens with one attached hydrogen (secondary N) is 3. The summed E-state index contributed by atoms with van der Waals surface area (Å²) in [5, 5.41) is 5.55. The van der Waals surface area contributed by atoms with Crippen LogP contribution >= 0.6 is 0 Å². The monoisotopic (exact) mass is 278 g/mol. The molecule has 1 aromatic rings. The largest absolute Gasteiger partial charge is 0.454 e. The minimum Gasteiger partial charge on any atom is -0.454 e. The zero-order valence-corrected chi connectivity index (χ0v) is 10.9. The molecular weight excluding hydrogens is 262 g/mol. The van der Waals surface area contributed by atoms with Crippen LogP contribution in [-0.4, -0.2) is 44.8 Å². The quantitative estimate of drug-likeness (QED) is 0.620. The smallest absolute Gasteiger partial charge is 0.279 e. The maximum Gasteiger partial charge on any atom is 0.279 e. The average molecular weight is 278 g/mol. The zero-order chi connectivity index (χ0) is 13.9. The van der Waals surface area contributed by atoms with E-state index in [4.69, 9.17) is 9.47 Å². The molecule has 0 saturated carbocycles. The van der Waals surface area contributed by atoms with E-state index < -0.39 is 0 Å².